The van der Waals surface area contributed by atoms with E-state index in [1.807, 2.05) is 74.5 Å². The van der Waals surface area contributed by atoms with Crippen molar-refractivity contribution in [1.29, 1.82) is 0 Å². The fraction of sp³-hybridized carbons (Fsp3) is 0.0952. The van der Waals surface area contributed by atoms with E-state index in [1.54, 1.807) is 0 Å². The molecular formula is C21H16ClN3. The van der Waals surface area contributed by atoms with Crippen molar-refractivity contribution >= 4 is 22.5 Å². The molecule has 3 nitrogen and oxygen atoms in total. The summed E-state index contributed by atoms with van der Waals surface area (Å²) < 4.78 is 0. The molecule has 2 aromatic heterocycles. The SMILES string of the molecule is Cc1cccc(-c2nc(-c3ccc(C)c(Cl)c3)c3ccccc3n2)n1. The number of nitrogens with zero attached hydrogens (tertiary/aromatic N) is 3. The fourth-order valence-electron chi connectivity index (χ4n) is 2.82. The van der Waals surface area contributed by atoms with Crippen molar-refractivity contribution in [3.8, 4) is 22.8 Å². The Kier molecular flexibility index (Phi) is 3.94. The van der Waals surface area contributed by atoms with E-state index in [-0.39, 0.29) is 0 Å². The summed E-state index contributed by atoms with van der Waals surface area (Å²) in [7, 11) is 0. The third-order valence-corrected chi connectivity index (χ3v) is 4.57. The van der Waals surface area contributed by atoms with E-state index in [1.165, 1.54) is 0 Å². The smallest absolute Gasteiger partial charge is 0.179 e. The van der Waals surface area contributed by atoms with Crippen LogP contribution in [0.25, 0.3) is 33.7 Å². The minimum absolute atomic E-state index is 0.620. The van der Waals surface area contributed by atoms with Crippen molar-refractivity contribution in [2.75, 3.05) is 0 Å². The molecule has 2 aromatic carbocycles. The first-order chi connectivity index (χ1) is 12.1. The summed E-state index contributed by atoms with van der Waals surface area (Å²) in [6, 6.07) is 19.9. The number of hydrogen-bond acceptors (Lipinski definition) is 3. The molecule has 4 aromatic rings. The van der Waals surface area contributed by atoms with Crippen LogP contribution < -0.4 is 0 Å². The van der Waals surface area contributed by atoms with Crippen molar-refractivity contribution in [2.24, 2.45) is 0 Å². The Morgan fingerprint density at radius 3 is 2.44 bits per heavy atom. The van der Waals surface area contributed by atoms with Crippen LogP contribution in [-0.2, 0) is 0 Å². The number of halogens is 1. The summed E-state index contributed by atoms with van der Waals surface area (Å²) >= 11 is 6.34. The molecule has 25 heavy (non-hydrogen) atoms. The van der Waals surface area contributed by atoms with Gasteiger partial charge in [-0.05, 0) is 43.7 Å². The fourth-order valence-corrected chi connectivity index (χ4v) is 3.00. The van der Waals surface area contributed by atoms with Crippen LogP contribution in [0, 0.1) is 13.8 Å². The van der Waals surface area contributed by atoms with Gasteiger partial charge < -0.3 is 0 Å². The van der Waals surface area contributed by atoms with Crippen LogP contribution in [0.1, 0.15) is 11.3 Å². The monoisotopic (exact) mass is 345 g/mol. The number of hydrogen-bond donors (Lipinski definition) is 0. The molecule has 0 atom stereocenters. The average Bonchev–Trinajstić information content (AvgIpc) is 2.63. The van der Waals surface area contributed by atoms with Crippen LogP contribution in [0.15, 0.2) is 60.7 Å². The average molecular weight is 346 g/mol. The van der Waals surface area contributed by atoms with Crippen molar-refractivity contribution < 1.29 is 0 Å². The van der Waals surface area contributed by atoms with Gasteiger partial charge in [-0.2, -0.15) is 0 Å². The van der Waals surface area contributed by atoms with Gasteiger partial charge in [0, 0.05) is 21.7 Å². The van der Waals surface area contributed by atoms with Gasteiger partial charge in [0.15, 0.2) is 5.82 Å². The highest BCUT2D eigenvalue weighted by molar-refractivity contribution is 6.31. The van der Waals surface area contributed by atoms with E-state index in [9.17, 15) is 0 Å². The minimum atomic E-state index is 0.620. The van der Waals surface area contributed by atoms with E-state index in [4.69, 9.17) is 21.6 Å². The first-order valence-corrected chi connectivity index (χ1v) is 8.47. The predicted octanol–water partition coefficient (Wildman–Crippen LogP) is 5.63. The molecule has 0 aliphatic rings. The zero-order valence-corrected chi connectivity index (χ0v) is 14.7. The molecular weight excluding hydrogens is 330 g/mol. The van der Waals surface area contributed by atoms with E-state index < -0.39 is 0 Å². The minimum Gasteiger partial charge on any atom is -0.250 e. The summed E-state index contributed by atoms with van der Waals surface area (Å²) in [6.07, 6.45) is 0. The topological polar surface area (TPSA) is 38.7 Å². The molecule has 0 amide bonds. The van der Waals surface area contributed by atoms with Gasteiger partial charge in [-0.1, -0.05) is 48.0 Å². The molecule has 0 radical (unpaired) electrons. The van der Waals surface area contributed by atoms with Crippen molar-refractivity contribution in [3.05, 3.63) is 76.9 Å². The third-order valence-electron chi connectivity index (χ3n) is 4.17. The van der Waals surface area contributed by atoms with Crippen LogP contribution in [-0.4, -0.2) is 15.0 Å². The van der Waals surface area contributed by atoms with Gasteiger partial charge in [-0.25, -0.2) is 15.0 Å². The van der Waals surface area contributed by atoms with Crippen LogP contribution in [0.4, 0.5) is 0 Å². The highest BCUT2D eigenvalue weighted by Crippen LogP contribution is 2.31. The molecule has 0 saturated heterocycles. The predicted molar refractivity (Wildman–Crippen MR) is 103 cm³/mol. The molecule has 0 aliphatic heterocycles. The largest absolute Gasteiger partial charge is 0.250 e. The number of para-hydroxylation sites is 1. The first kappa shape index (κ1) is 15.7. The number of aromatic nitrogens is 3. The lowest BCUT2D eigenvalue weighted by Crippen LogP contribution is -1.97. The van der Waals surface area contributed by atoms with E-state index in [0.717, 1.165) is 44.1 Å². The molecule has 0 bridgehead atoms. The molecule has 0 spiro atoms. The molecule has 0 N–H and O–H groups in total. The van der Waals surface area contributed by atoms with Crippen molar-refractivity contribution in [3.63, 3.8) is 0 Å². The molecule has 0 unspecified atom stereocenters. The maximum Gasteiger partial charge on any atom is 0.179 e. The maximum atomic E-state index is 6.34. The standard InChI is InChI=1S/C21H16ClN3/c1-13-10-11-15(12-17(13)22)20-16-7-3-4-8-18(16)24-21(25-20)19-9-5-6-14(2)23-19/h3-12H,1-2H3. The summed E-state index contributed by atoms with van der Waals surface area (Å²) in [4.78, 5) is 14.1. The van der Waals surface area contributed by atoms with Crippen LogP contribution in [0.2, 0.25) is 5.02 Å². The quantitative estimate of drug-likeness (QED) is 0.472. The van der Waals surface area contributed by atoms with Gasteiger partial charge in [0.25, 0.3) is 0 Å². The number of aryl methyl sites for hydroxylation is 2. The van der Waals surface area contributed by atoms with Crippen LogP contribution in [0.5, 0.6) is 0 Å². The molecule has 2 heterocycles. The molecule has 4 heteroatoms. The van der Waals surface area contributed by atoms with Crippen LogP contribution in [0.3, 0.4) is 0 Å². The Hall–Kier alpha value is -2.78. The zero-order valence-electron chi connectivity index (χ0n) is 14.0. The number of rotatable bonds is 2. The summed E-state index contributed by atoms with van der Waals surface area (Å²) in [5.41, 5.74) is 5.49. The Balaban J connectivity index is 2.00. The molecule has 4 rings (SSSR count). The Bertz CT molecular complexity index is 1090. The Morgan fingerprint density at radius 1 is 0.800 bits per heavy atom. The van der Waals surface area contributed by atoms with Gasteiger partial charge in [-0.3, -0.25) is 0 Å². The maximum absolute atomic E-state index is 6.34. The highest BCUT2D eigenvalue weighted by atomic mass is 35.5. The van der Waals surface area contributed by atoms with E-state index >= 15 is 0 Å². The van der Waals surface area contributed by atoms with Gasteiger partial charge >= 0.3 is 0 Å². The third kappa shape index (κ3) is 2.99. The summed E-state index contributed by atoms with van der Waals surface area (Å²) in [5, 5.41) is 1.73. The van der Waals surface area contributed by atoms with E-state index in [0.29, 0.717) is 5.82 Å². The summed E-state index contributed by atoms with van der Waals surface area (Å²) in [6.45, 7) is 3.96. The van der Waals surface area contributed by atoms with Crippen LogP contribution >= 0.6 is 11.6 Å². The van der Waals surface area contributed by atoms with Gasteiger partial charge in [-0.15, -0.1) is 0 Å². The zero-order chi connectivity index (χ0) is 17.4. The number of pyridine rings is 1. The normalized spacial score (nSPS) is 11.0. The Morgan fingerprint density at radius 2 is 1.64 bits per heavy atom. The van der Waals surface area contributed by atoms with Gasteiger partial charge in [0.2, 0.25) is 0 Å². The second kappa shape index (κ2) is 6.26. The van der Waals surface area contributed by atoms with Gasteiger partial charge in [0.1, 0.15) is 5.69 Å². The lowest BCUT2D eigenvalue weighted by Gasteiger charge is -2.10. The number of fused-ring (bicyclic) bond motifs is 1. The second-order valence-corrected chi connectivity index (χ2v) is 6.45. The Labute approximate surface area is 151 Å². The molecule has 122 valence electrons. The lowest BCUT2D eigenvalue weighted by atomic mass is 10.0. The van der Waals surface area contributed by atoms with E-state index in [2.05, 4.69) is 4.98 Å². The second-order valence-electron chi connectivity index (χ2n) is 6.04. The molecule has 0 saturated carbocycles. The summed E-state index contributed by atoms with van der Waals surface area (Å²) in [5.74, 6) is 0.620. The first-order valence-electron chi connectivity index (χ1n) is 8.09. The molecule has 0 fully saturated rings. The highest BCUT2D eigenvalue weighted by Gasteiger charge is 2.12. The van der Waals surface area contributed by atoms with Gasteiger partial charge in [0.05, 0.1) is 11.2 Å². The molecule has 0 aliphatic carbocycles. The van der Waals surface area contributed by atoms with Crippen molar-refractivity contribution in [1.82, 2.24) is 15.0 Å². The number of benzene rings is 2. The lowest BCUT2D eigenvalue weighted by molar-refractivity contribution is 1.14. The van der Waals surface area contributed by atoms with Crippen molar-refractivity contribution in [2.45, 2.75) is 13.8 Å².